The van der Waals surface area contributed by atoms with Crippen molar-refractivity contribution in [3.63, 3.8) is 0 Å². The van der Waals surface area contributed by atoms with E-state index in [-0.39, 0.29) is 5.69 Å². The highest BCUT2D eigenvalue weighted by molar-refractivity contribution is 5.95. The average molecular weight is 294 g/mol. The molecule has 1 unspecified atom stereocenters. The largest absolute Gasteiger partial charge is 0.385 e. The molecule has 9 heteroatoms. The van der Waals surface area contributed by atoms with E-state index in [1.807, 2.05) is 0 Å². The molecule has 21 heavy (non-hydrogen) atoms. The van der Waals surface area contributed by atoms with Crippen LogP contribution in [0.2, 0.25) is 0 Å². The van der Waals surface area contributed by atoms with Crippen LogP contribution in [0.15, 0.2) is 24.5 Å². The van der Waals surface area contributed by atoms with Gasteiger partial charge in [-0.2, -0.15) is 0 Å². The molecule has 0 radical (unpaired) electrons. The van der Waals surface area contributed by atoms with Gasteiger partial charge in [0.05, 0.1) is 17.4 Å². The van der Waals surface area contributed by atoms with Crippen LogP contribution in [-0.2, 0) is 9.53 Å². The first-order valence-electron chi connectivity index (χ1n) is 6.20. The Balaban J connectivity index is 2.12. The minimum absolute atomic E-state index is 0.0147. The Morgan fingerprint density at radius 3 is 3.05 bits per heavy atom. The molecule has 1 amide bonds. The lowest BCUT2D eigenvalue weighted by molar-refractivity contribution is -0.117. The second kappa shape index (κ2) is 6.86. The molecule has 1 atom stereocenters. The van der Waals surface area contributed by atoms with E-state index in [4.69, 9.17) is 10.5 Å². The van der Waals surface area contributed by atoms with Crippen LogP contribution in [-0.4, -0.2) is 45.9 Å². The fourth-order valence-electron chi connectivity index (χ4n) is 1.63. The van der Waals surface area contributed by atoms with E-state index in [2.05, 4.69) is 20.8 Å². The Morgan fingerprint density at radius 1 is 1.57 bits per heavy atom. The molecule has 2 rings (SSSR count). The molecule has 0 saturated heterocycles. The molecule has 1 heterocycles. The summed E-state index contributed by atoms with van der Waals surface area (Å²) in [5, 5.41) is 13.1. The standard InChI is InChI=1S/C12H15FN6O2/c1-21-5-4-10(14)12(20)16-11-6-8(2-3-9(11)13)19-7-15-17-18-19/h2-3,6-7,10H,4-5,14H2,1H3,(H,16,20). The fraction of sp³-hybridized carbons (Fsp3) is 0.333. The van der Waals surface area contributed by atoms with E-state index >= 15 is 0 Å². The number of aromatic nitrogens is 4. The zero-order valence-corrected chi connectivity index (χ0v) is 11.4. The quantitative estimate of drug-likeness (QED) is 0.782. The Hall–Kier alpha value is -2.39. The number of carbonyl (C=O) groups is 1. The highest BCUT2D eigenvalue weighted by atomic mass is 19.1. The third-order valence-electron chi connectivity index (χ3n) is 2.79. The van der Waals surface area contributed by atoms with Crippen LogP contribution in [0.5, 0.6) is 0 Å². The zero-order chi connectivity index (χ0) is 15.2. The van der Waals surface area contributed by atoms with Crippen LogP contribution in [0.1, 0.15) is 6.42 Å². The number of nitrogens with zero attached hydrogens (tertiary/aromatic N) is 4. The molecule has 112 valence electrons. The summed E-state index contributed by atoms with van der Waals surface area (Å²) >= 11 is 0. The first kappa shape index (κ1) is 15.0. The third-order valence-corrected chi connectivity index (χ3v) is 2.79. The molecule has 8 nitrogen and oxygen atoms in total. The maximum absolute atomic E-state index is 13.7. The van der Waals surface area contributed by atoms with Crippen molar-refractivity contribution in [1.82, 2.24) is 20.2 Å². The number of methoxy groups -OCH3 is 1. The number of ether oxygens (including phenoxy) is 1. The maximum Gasteiger partial charge on any atom is 0.241 e. The first-order valence-corrected chi connectivity index (χ1v) is 6.20. The van der Waals surface area contributed by atoms with Crippen molar-refractivity contribution in [3.8, 4) is 5.69 Å². The van der Waals surface area contributed by atoms with Gasteiger partial charge in [0.2, 0.25) is 5.91 Å². The number of carbonyl (C=O) groups excluding carboxylic acids is 1. The summed E-state index contributed by atoms with van der Waals surface area (Å²) in [5.41, 5.74) is 6.21. The monoisotopic (exact) mass is 294 g/mol. The summed E-state index contributed by atoms with van der Waals surface area (Å²) in [6.45, 7) is 0.349. The highest BCUT2D eigenvalue weighted by Gasteiger charge is 2.15. The summed E-state index contributed by atoms with van der Waals surface area (Å²) in [4.78, 5) is 11.9. The molecule has 1 aromatic heterocycles. The van der Waals surface area contributed by atoms with Gasteiger partial charge in [-0.25, -0.2) is 9.07 Å². The molecular weight excluding hydrogens is 279 g/mol. The van der Waals surface area contributed by atoms with E-state index in [0.29, 0.717) is 18.7 Å². The number of benzene rings is 1. The fourth-order valence-corrected chi connectivity index (χ4v) is 1.63. The molecule has 0 fully saturated rings. The Labute approximate surface area is 120 Å². The van der Waals surface area contributed by atoms with E-state index < -0.39 is 17.8 Å². The summed E-state index contributed by atoms with van der Waals surface area (Å²) in [6.07, 6.45) is 1.71. The molecular formula is C12H15FN6O2. The third kappa shape index (κ3) is 3.80. The van der Waals surface area contributed by atoms with Crippen LogP contribution in [0.3, 0.4) is 0 Å². The molecule has 0 spiro atoms. The lowest BCUT2D eigenvalue weighted by atomic mass is 10.2. The minimum Gasteiger partial charge on any atom is -0.385 e. The van der Waals surface area contributed by atoms with Gasteiger partial charge in [0.25, 0.3) is 0 Å². The lowest BCUT2D eigenvalue weighted by Gasteiger charge is -2.13. The van der Waals surface area contributed by atoms with Crippen LogP contribution >= 0.6 is 0 Å². The number of tetrazole rings is 1. The number of rotatable bonds is 6. The smallest absolute Gasteiger partial charge is 0.241 e. The SMILES string of the molecule is COCCC(N)C(=O)Nc1cc(-n2cnnn2)ccc1F. The van der Waals surface area contributed by atoms with Gasteiger partial charge in [-0.05, 0) is 35.0 Å². The van der Waals surface area contributed by atoms with Gasteiger partial charge in [0.1, 0.15) is 12.1 Å². The number of hydrogen-bond acceptors (Lipinski definition) is 6. The maximum atomic E-state index is 13.7. The minimum atomic E-state index is -0.777. The Bertz CT molecular complexity index is 604. The molecule has 3 N–H and O–H groups in total. The number of nitrogens with two attached hydrogens (primary N) is 1. The van der Waals surface area contributed by atoms with Crippen molar-refractivity contribution in [2.75, 3.05) is 19.0 Å². The van der Waals surface area contributed by atoms with Gasteiger partial charge in [0, 0.05) is 13.7 Å². The van der Waals surface area contributed by atoms with Crippen molar-refractivity contribution in [1.29, 1.82) is 0 Å². The molecule has 0 aliphatic rings. The summed E-state index contributed by atoms with van der Waals surface area (Å²) in [7, 11) is 1.51. The predicted octanol–water partition coefficient (Wildman–Crippen LogP) is 0.104. The molecule has 2 aromatic rings. The first-order chi connectivity index (χ1) is 10.1. The van der Waals surface area contributed by atoms with Gasteiger partial charge in [-0.1, -0.05) is 0 Å². The van der Waals surface area contributed by atoms with E-state index in [9.17, 15) is 9.18 Å². The zero-order valence-electron chi connectivity index (χ0n) is 11.4. The van der Waals surface area contributed by atoms with Gasteiger partial charge in [-0.3, -0.25) is 4.79 Å². The summed E-state index contributed by atoms with van der Waals surface area (Å²) in [6, 6.07) is 3.35. The molecule has 0 aliphatic heterocycles. The molecule has 1 aromatic carbocycles. The second-order valence-corrected chi connectivity index (χ2v) is 4.30. The summed E-state index contributed by atoms with van der Waals surface area (Å²) < 4.78 is 19.9. The van der Waals surface area contributed by atoms with Crippen molar-refractivity contribution >= 4 is 11.6 Å². The van der Waals surface area contributed by atoms with Gasteiger partial charge >= 0.3 is 0 Å². The molecule has 0 aliphatic carbocycles. The molecule has 0 bridgehead atoms. The Kier molecular flexibility index (Phi) is 4.90. The van der Waals surface area contributed by atoms with E-state index in [0.717, 1.165) is 0 Å². The number of amides is 1. The molecule has 0 saturated carbocycles. The Morgan fingerprint density at radius 2 is 2.38 bits per heavy atom. The second-order valence-electron chi connectivity index (χ2n) is 4.30. The van der Waals surface area contributed by atoms with E-state index in [1.165, 1.54) is 36.3 Å². The van der Waals surface area contributed by atoms with Crippen LogP contribution < -0.4 is 11.1 Å². The normalized spacial score (nSPS) is 12.1. The number of anilines is 1. The summed E-state index contributed by atoms with van der Waals surface area (Å²) in [5.74, 6) is -1.06. The van der Waals surface area contributed by atoms with Crippen LogP contribution in [0, 0.1) is 5.82 Å². The van der Waals surface area contributed by atoms with Crippen LogP contribution in [0.4, 0.5) is 10.1 Å². The van der Waals surface area contributed by atoms with E-state index in [1.54, 1.807) is 0 Å². The van der Waals surface area contributed by atoms with Crippen molar-refractivity contribution < 1.29 is 13.9 Å². The average Bonchev–Trinajstić information content (AvgIpc) is 3.01. The van der Waals surface area contributed by atoms with Crippen molar-refractivity contribution in [3.05, 3.63) is 30.3 Å². The van der Waals surface area contributed by atoms with Crippen LogP contribution in [0.25, 0.3) is 5.69 Å². The highest BCUT2D eigenvalue weighted by Crippen LogP contribution is 2.18. The predicted molar refractivity (Wildman–Crippen MR) is 72.2 cm³/mol. The number of nitrogens with one attached hydrogen (secondary N) is 1. The lowest BCUT2D eigenvalue weighted by Crippen LogP contribution is -2.36. The van der Waals surface area contributed by atoms with Gasteiger partial charge in [0.15, 0.2) is 0 Å². The topological polar surface area (TPSA) is 108 Å². The van der Waals surface area contributed by atoms with Gasteiger partial charge in [-0.15, -0.1) is 5.10 Å². The number of halogens is 1. The van der Waals surface area contributed by atoms with Crippen molar-refractivity contribution in [2.24, 2.45) is 5.73 Å². The number of hydrogen-bond donors (Lipinski definition) is 2. The van der Waals surface area contributed by atoms with Crippen molar-refractivity contribution in [2.45, 2.75) is 12.5 Å². The van der Waals surface area contributed by atoms with Gasteiger partial charge < -0.3 is 15.8 Å².